The highest BCUT2D eigenvalue weighted by atomic mass is 16.6. The van der Waals surface area contributed by atoms with Crippen LogP contribution in [0.2, 0.25) is 0 Å². The third kappa shape index (κ3) is 2.92. The minimum absolute atomic E-state index is 0.111. The number of hydrogen-bond acceptors (Lipinski definition) is 8. The summed E-state index contributed by atoms with van der Waals surface area (Å²) in [5, 5.41) is 34.8. The molecule has 0 radical (unpaired) electrons. The summed E-state index contributed by atoms with van der Waals surface area (Å²) < 4.78 is 0. The first-order valence-electron chi connectivity index (χ1n) is 8.06. The number of benzene rings is 1. The van der Waals surface area contributed by atoms with E-state index in [1.165, 1.54) is 0 Å². The standard InChI is InChI=1S/C14H17N5O6/c20-17(21)10-9-11(18(22)23)13(16-7-3-4-8-16)14(19(24)25)12(10)15-5-1-2-6-15/h9H,1-8H2. The molecule has 25 heavy (non-hydrogen) atoms. The third-order valence-electron chi connectivity index (χ3n) is 4.63. The Morgan fingerprint density at radius 3 is 1.32 bits per heavy atom. The second-order valence-electron chi connectivity index (χ2n) is 6.12. The maximum Gasteiger partial charge on any atom is 0.329 e. The molecular formula is C14H17N5O6. The van der Waals surface area contributed by atoms with Gasteiger partial charge in [-0.3, -0.25) is 30.3 Å². The van der Waals surface area contributed by atoms with Crippen LogP contribution in [0, 0.1) is 30.3 Å². The molecule has 11 nitrogen and oxygen atoms in total. The molecule has 0 N–H and O–H groups in total. The molecule has 1 aromatic rings. The zero-order valence-corrected chi connectivity index (χ0v) is 13.4. The molecule has 0 spiro atoms. The van der Waals surface area contributed by atoms with Gasteiger partial charge in [0.15, 0.2) is 11.4 Å². The van der Waals surface area contributed by atoms with Gasteiger partial charge in [0, 0.05) is 26.2 Å². The Labute approximate surface area is 142 Å². The van der Waals surface area contributed by atoms with Gasteiger partial charge in [0.2, 0.25) is 0 Å². The van der Waals surface area contributed by atoms with Crippen LogP contribution in [0.3, 0.4) is 0 Å². The summed E-state index contributed by atoms with van der Waals surface area (Å²) in [7, 11) is 0. The molecule has 134 valence electrons. The predicted molar refractivity (Wildman–Crippen MR) is 89.3 cm³/mol. The van der Waals surface area contributed by atoms with Crippen molar-refractivity contribution in [2.45, 2.75) is 25.7 Å². The van der Waals surface area contributed by atoms with E-state index in [0.29, 0.717) is 26.2 Å². The molecule has 0 aliphatic carbocycles. The van der Waals surface area contributed by atoms with E-state index in [-0.39, 0.29) is 11.4 Å². The zero-order chi connectivity index (χ0) is 18.1. The van der Waals surface area contributed by atoms with E-state index in [2.05, 4.69) is 0 Å². The molecule has 2 aliphatic heterocycles. The van der Waals surface area contributed by atoms with Gasteiger partial charge in [0.1, 0.15) is 0 Å². The first-order chi connectivity index (χ1) is 11.9. The summed E-state index contributed by atoms with van der Waals surface area (Å²) in [6.07, 6.45) is 3.07. The normalized spacial score (nSPS) is 17.1. The minimum atomic E-state index is -0.776. The Balaban J connectivity index is 2.34. The largest absolute Gasteiger partial charge is 0.360 e. The molecule has 0 aromatic heterocycles. The van der Waals surface area contributed by atoms with Crippen molar-refractivity contribution in [2.24, 2.45) is 0 Å². The van der Waals surface area contributed by atoms with Crippen LogP contribution in [-0.2, 0) is 0 Å². The fourth-order valence-corrected chi connectivity index (χ4v) is 3.58. The number of rotatable bonds is 5. The lowest BCUT2D eigenvalue weighted by Gasteiger charge is -2.22. The summed E-state index contributed by atoms with van der Waals surface area (Å²) in [6.45, 7) is 1.83. The number of anilines is 2. The summed E-state index contributed by atoms with van der Waals surface area (Å²) in [6, 6.07) is 0.869. The second kappa shape index (κ2) is 6.49. The fourth-order valence-electron chi connectivity index (χ4n) is 3.58. The quantitative estimate of drug-likeness (QED) is 0.583. The number of nitro groups is 3. The number of hydrogen-bond donors (Lipinski definition) is 0. The lowest BCUT2D eigenvalue weighted by molar-refractivity contribution is -0.401. The Kier molecular flexibility index (Phi) is 4.38. The van der Waals surface area contributed by atoms with Crippen molar-refractivity contribution in [2.75, 3.05) is 36.0 Å². The van der Waals surface area contributed by atoms with Gasteiger partial charge in [0.25, 0.3) is 0 Å². The fraction of sp³-hybridized carbons (Fsp3) is 0.571. The van der Waals surface area contributed by atoms with Crippen LogP contribution in [0.15, 0.2) is 6.07 Å². The summed E-state index contributed by atoms with van der Waals surface area (Å²) >= 11 is 0. The van der Waals surface area contributed by atoms with Gasteiger partial charge in [-0.15, -0.1) is 0 Å². The van der Waals surface area contributed by atoms with Crippen molar-refractivity contribution in [1.29, 1.82) is 0 Å². The highest BCUT2D eigenvalue weighted by Crippen LogP contribution is 2.50. The molecule has 2 fully saturated rings. The molecule has 3 rings (SSSR count). The number of nitro benzene ring substituents is 3. The summed E-state index contributed by atoms with van der Waals surface area (Å²) in [4.78, 5) is 35.7. The van der Waals surface area contributed by atoms with E-state index in [0.717, 1.165) is 31.7 Å². The highest BCUT2D eigenvalue weighted by Gasteiger charge is 2.42. The molecule has 0 atom stereocenters. The van der Waals surface area contributed by atoms with E-state index >= 15 is 0 Å². The first kappa shape index (κ1) is 16.9. The monoisotopic (exact) mass is 351 g/mol. The van der Waals surface area contributed by atoms with E-state index < -0.39 is 31.8 Å². The van der Waals surface area contributed by atoms with Gasteiger partial charge in [-0.05, 0) is 25.7 Å². The van der Waals surface area contributed by atoms with Crippen LogP contribution in [0.5, 0.6) is 0 Å². The third-order valence-corrected chi connectivity index (χ3v) is 4.63. The zero-order valence-electron chi connectivity index (χ0n) is 13.4. The van der Waals surface area contributed by atoms with Gasteiger partial charge in [-0.2, -0.15) is 0 Å². The van der Waals surface area contributed by atoms with Crippen molar-refractivity contribution in [1.82, 2.24) is 0 Å². The molecule has 1 aromatic carbocycles. The first-order valence-corrected chi connectivity index (χ1v) is 8.06. The van der Waals surface area contributed by atoms with Crippen LogP contribution in [-0.4, -0.2) is 40.9 Å². The number of nitrogens with zero attached hydrogens (tertiary/aromatic N) is 5. The second-order valence-corrected chi connectivity index (χ2v) is 6.12. The van der Waals surface area contributed by atoms with Crippen LogP contribution in [0.4, 0.5) is 28.4 Å². The molecule has 11 heteroatoms. The Bertz CT molecular complexity index is 687. The molecule has 0 bridgehead atoms. The molecular weight excluding hydrogens is 334 g/mol. The van der Waals surface area contributed by atoms with E-state index in [4.69, 9.17) is 0 Å². The van der Waals surface area contributed by atoms with Gasteiger partial charge < -0.3 is 9.80 Å². The van der Waals surface area contributed by atoms with Gasteiger partial charge >= 0.3 is 17.1 Å². The molecule has 0 amide bonds. The summed E-state index contributed by atoms with van der Waals surface area (Å²) in [5.41, 5.74) is -1.91. The van der Waals surface area contributed by atoms with Crippen LogP contribution in [0.1, 0.15) is 25.7 Å². The molecule has 2 aliphatic rings. The molecule has 0 saturated carbocycles. The topological polar surface area (TPSA) is 136 Å². The molecule has 2 heterocycles. The highest BCUT2D eigenvalue weighted by molar-refractivity contribution is 5.91. The predicted octanol–water partition coefficient (Wildman–Crippen LogP) is 2.61. The Morgan fingerprint density at radius 1 is 0.680 bits per heavy atom. The molecule has 0 unspecified atom stereocenters. The van der Waals surface area contributed by atoms with E-state index in [1.807, 2.05) is 0 Å². The molecule has 2 saturated heterocycles. The summed E-state index contributed by atoms with van der Waals surface area (Å²) in [5.74, 6) is 0. The van der Waals surface area contributed by atoms with Gasteiger partial charge in [-0.25, -0.2) is 0 Å². The van der Waals surface area contributed by atoms with Crippen LogP contribution >= 0.6 is 0 Å². The van der Waals surface area contributed by atoms with Gasteiger partial charge in [-0.1, -0.05) is 0 Å². The minimum Gasteiger partial charge on any atom is -0.360 e. The van der Waals surface area contributed by atoms with Gasteiger partial charge in [0.05, 0.1) is 20.8 Å². The van der Waals surface area contributed by atoms with Crippen molar-refractivity contribution in [3.8, 4) is 0 Å². The lowest BCUT2D eigenvalue weighted by Crippen LogP contribution is -2.25. The average Bonchev–Trinajstić information content (AvgIpc) is 3.25. The van der Waals surface area contributed by atoms with E-state index in [1.54, 1.807) is 9.80 Å². The van der Waals surface area contributed by atoms with E-state index in [9.17, 15) is 30.3 Å². The van der Waals surface area contributed by atoms with Crippen molar-refractivity contribution >= 4 is 28.4 Å². The average molecular weight is 351 g/mol. The Hall–Kier alpha value is -2.98. The maximum absolute atomic E-state index is 11.8. The van der Waals surface area contributed by atoms with Crippen molar-refractivity contribution in [3.05, 3.63) is 36.4 Å². The van der Waals surface area contributed by atoms with Crippen LogP contribution in [0.25, 0.3) is 0 Å². The van der Waals surface area contributed by atoms with Crippen LogP contribution < -0.4 is 9.80 Å². The van der Waals surface area contributed by atoms with Crippen molar-refractivity contribution in [3.63, 3.8) is 0 Å². The lowest BCUT2D eigenvalue weighted by atomic mass is 10.1. The SMILES string of the molecule is O=[N+]([O-])c1cc([N+](=O)[O-])c(N2CCCC2)c([N+](=O)[O-])c1N1CCCC1. The maximum atomic E-state index is 11.8. The van der Waals surface area contributed by atoms with Crippen molar-refractivity contribution < 1.29 is 14.8 Å². The Morgan fingerprint density at radius 2 is 1.04 bits per heavy atom. The smallest absolute Gasteiger partial charge is 0.329 e.